The minimum Gasteiger partial charge on any atom is -0.480 e. The zero-order valence-corrected chi connectivity index (χ0v) is 8.08. The van der Waals surface area contributed by atoms with E-state index in [9.17, 15) is 4.79 Å². The molecule has 0 aliphatic rings. The number of hydrogen-bond acceptors (Lipinski definition) is 3. The topological polar surface area (TPSA) is 63.3 Å². The number of carboxylic acid groups (broad SMARTS) is 1. The van der Waals surface area contributed by atoms with E-state index in [-0.39, 0.29) is 0 Å². The Morgan fingerprint density at radius 1 is 1.54 bits per heavy atom. The number of hydrogen-bond donors (Lipinski definition) is 3. The maximum atomic E-state index is 10.8. The summed E-state index contributed by atoms with van der Waals surface area (Å²) >= 11 is 4.14. The van der Waals surface area contributed by atoms with E-state index in [1.807, 2.05) is 0 Å². The molecule has 0 saturated heterocycles. The summed E-state index contributed by atoms with van der Waals surface area (Å²) < 4.78 is 0. The summed E-state index contributed by atoms with van der Waals surface area (Å²) in [7, 11) is 0. The predicted molar refractivity (Wildman–Crippen MR) is 52.9 cm³/mol. The predicted octanol–water partition coefficient (Wildman–Crippen LogP) is 1.23. The largest absolute Gasteiger partial charge is 0.480 e. The third kappa shape index (κ3) is 1.84. The average molecular weight is 197 g/mol. The van der Waals surface area contributed by atoms with Gasteiger partial charge in [0.05, 0.1) is 0 Å². The fraction of sp³-hybridized carbons (Fsp3) is 0.222. The van der Waals surface area contributed by atoms with E-state index in [1.165, 1.54) is 6.92 Å². The van der Waals surface area contributed by atoms with E-state index in [0.29, 0.717) is 10.5 Å². The Morgan fingerprint density at radius 2 is 2.08 bits per heavy atom. The monoisotopic (exact) mass is 197 g/mol. The molecule has 0 radical (unpaired) electrons. The van der Waals surface area contributed by atoms with Gasteiger partial charge in [-0.15, -0.1) is 12.6 Å². The number of carboxylic acids is 1. The van der Waals surface area contributed by atoms with Crippen LogP contribution in [0.5, 0.6) is 0 Å². The number of nitrogens with two attached hydrogens (primary N) is 1. The van der Waals surface area contributed by atoms with Crippen LogP contribution < -0.4 is 5.73 Å². The Balaban J connectivity index is 3.22. The molecule has 1 atom stereocenters. The second-order valence-electron chi connectivity index (χ2n) is 3.02. The molecule has 0 fully saturated rings. The summed E-state index contributed by atoms with van der Waals surface area (Å²) in [5.41, 5.74) is 4.78. The van der Waals surface area contributed by atoms with Gasteiger partial charge in [-0.1, -0.05) is 18.2 Å². The molecule has 0 bridgehead atoms. The van der Waals surface area contributed by atoms with Crippen LogP contribution >= 0.6 is 12.6 Å². The lowest BCUT2D eigenvalue weighted by molar-refractivity contribution is -0.143. The van der Waals surface area contributed by atoms with Gasteiger partial charge in [-0.05, 0) is 18.6 Å². The number of carbonyl (C=O) groups is 1. The Hall–Kier alpha value is -1.00. The van der Waals surface area contributed by atoms with E-state index in [2.05, 4.69) is 12.6 Å². The highest BCUT2D eigenvalue weighted by Gasteiger charge is 2.31. The third-order valence-corrected chi connectivity index (χ3v) is 2.30. The Morgan fingerprint density at radius 3 is 2.54 bits per heavy atom. The van der Waals surface area contributed by atoms with Gasteiger partial charge in [0.2, 0.25) is 0 Å². The van der Waals surface area contributed by atoms with Crippen LogP contribution in [0.2, 0.25) is 0 Å². The molecule has 3 N–H and O–H groups in total. The fourth-order valence-electron chi connectivity index (χ4n) is 1.03. The summed E-state index contributed by atoms with van der Waals surface area (Å²) in [6, 6.07) is 6.90. The Kier molecular flexibility index (Phi) is 2.63. The third-order valence-electron chi connectivity index (χ3n) is 1.91. The molecule has 0 aromatic heterocycles. The summed E-state index contributed by atoms with van der Waals surface area (Å²) in [6.07, 6.45) is 0. The lowest BCUT2D eigenvalue weighted by atomic mass is 9.93. The minimum atomic E-state index is -1.38. The van der Waals surface area contributed by atoms with Crippen molar-refractivity contribution >= 4 is 18.6 Å². The van der Waals surface area contributed by atoms with Gasteiger partial charge in [-0.25, -0.2) is 4.79 Å². The second-order valence-corrected chi connectivity index (χ2v) is 3.51. The number of rotatable bonds is 2. The van der Waals surface area contributed by atoms with Crippen molar-refractivity contribution in [3.8, 4) is 0 Å². The molecule has 1 rings (SSSR count). The quantitative estimate of drug-likeness (QED) is 0.625. The van der Waals surface area contributed by atoms with E-state index in [1.54, 1.807) is 24.3 Å². The highest BCUT2D eigenvalue weighted by molar-refractivity contribution is 7.80. The van der Waals surface area contributed by atoms with E-state index in [4.69, 9.17) is 10.8 Å². The molecule has 0 saturated carbocycles. The molecule has 0 aliphatic heterocycles. The first-order chi connectivity index (χ1) is 5.96. The lowest BCUT2D eigenvalue weighted by Crippen LogP contribution is -2.41. The molecule has 0 amide bonds. The number of benzene rings is 1. The van der Waals surface area contributed by atoms with Crippen LogP contribution in [0.4, 0.5) is 0 Å². The molecule has 0 aliphatic carbocycles. The van der Waals surface area contributed by atoms with Gasteiger partial charge in [-0.3, -0.25) is 0 Å². The van der Waals surface area contributed by atoms with Gasteiger partial charge in [0.1, 0.15) is 5.54 Å². The summed E-state index contributed by atoms with van der Waals surface area (Å²) in [6.45, 7) is 1.45. The van der Waals surface area contributed by atoms with Crippen molar-refractivity contribution in [1.82, 2.24) is 0 Å². The molecular weight excluding hydrogens is 186 g/mol. The molecule has 70 valence electrons. The van der Waals surface area contributed by atoms with Gasteiger partial charge in [0, 0.05) is 4.90 Å². The van der Waals surface area contributed by atoms with Crippen molar-refractivity contribution in [2.75, 3.05) is 0 Å². The van der Waals surface area contributed by atoms with Gasteiger partial charge in [0.25, 0.3) is 0 Å². The average Bonchev–Trinajstić information content (AvgIpc) is 2.04. The summed E-state index contributed by atoms with van der Waals surface area (Å²) in [5.74, 6) is -1.06. The first-order valence-electron chi connectivity index (χ1n) is 3.77. The van der Waals surface area contributed by atoms with Crippen LogP contribution in [0.3, 0.4) is 0 Å². The van der Waals surface area contributed by atoms with E-state index in [0.717, 1.165) is 0 Å². The van der Waals surface area contributed by atoms with Crippen LogP contribution in [0.25, 0.3) is 0 Å². The van der Waals surface area contributed by atoms with Crippen LogP contribution in [-0.2, 0) is 10.3 Å². The SMILES string of the molecule is CC(N)(C(=O)O)c1ccccc1S. The van der Waals surface area contributed by atoms with Gasteiger partial charge in [0.15, 0.2) is 0 Å². The van der Waals surface area contributed by atoms with E-state index < -0.39 is 11.5 Å². The van der Waals surface area contributed by atoms with Crippen molar-refractivity contribution < 1.29 is 9.90 Å². The molecule has 0 spiro atoms. The number of thiol groups is 1. The van der Waals surface area contributed by atoms with Crippen molar-refractivity contribution in [2.24, 2.45) is 5.73 Å². The summed E-state index contributed by atoms with van der Waals surface area (Å²) in [5, 5.41) is 8.86. The highest BCUT2D eigenvalue weighted by atomic mass is 32.1. The molecule has 13 heavy (non-hydrogen) atoms. The highest BCUT2D eigenvalue weighted by Crippen LogP contribution is 2.24. The molecule has 0 heterocycles. The zero-order valence-electron chi connectivity index (χ0n) is 7.19. The van der Waals surface area contributed by atoms with E-state index >= 15 is 0 Å². The molecule has 3 nitrogen and oxygen atoms in total. The van der Waals surface area contributed by atoms with Crippen LogP contribution in [0.1, 0.15) is 12.5 Å². The van der Waals surface area contributed by atoms with Crippen LogP contribution in [0, 0.1) is 0 Å². The maximum absolute atomic E-state index is 10.8. The number of aliphatic carboxylic acids is 1. The van der Waals surface area contributed by atoms with Gasteiger partial charge < -0.3 is 10.8 Å². The molecule has 1 unspecified atom stereocenters. The first-order valence-corrected chi connectivity index (χ1v) is 4.21. The summed E-state index contributed by atoms with van der Waals surface area (Å²) in [4.78, 5) is 11.4. The maximum Gasteiger partial charge on any atom is 0.328 e. The van der Waals surface area contributed by atoms with Crippen molar-refractivity contribution in [2.45, 2.75) is 17.4 Å². The van der Waals surface area contributed by atoms with Crippen LogP contribution in [-0.4, -0.2) is 11.1 Å². The Bertz CT molecular complexity index is 336. The van der Waals surface area contributed by atoms with Crippen LogP contribution in [0.15, 0.2) is 29.2 Å². The molecule has 1 aromatic rings. The van der Waals surface area contributed by atoms with Gasteiger partial charge >= 0.3 is 5.97 Å². The fourth-order valence-corrected chi connectivity index (χ4v) is 1.42. The Labute approximate surface area is 82.0 Å². The standard InChI is InChI=1S/C9H11NO2S/c1-9(10,8(11)12)6-4-2-3-5-7(6)13/h2-5,13H,10H2,1H3,(H,11,12). The van der Waals surface area contributed by atoms with Crippen molar-refractivity contribution in [1.29, 1.82) is 0 Å². The van der Waals surface area contributed by atoms with Gasteiger partial charge in [-0.2, -0.15) is 0 Å². The first kappa shape index (κ1) is 10.1. The second kappa shape index (κ2) is 3.40. The molecule has 1 aromatic carbocycles. The van der Waals surface area contributed by atoms with Crippen molar-refractivity contribution in [3.63, 3.8) is 0 Å². The minimum absolute atomic E-state index is 0.519. The molecule has 4 heteroatoms. The molecular formula is C9H11NO2S. The zero-order chi connectivity index (χ0) is 10.1. The van der Waals surface area contributed by atoms with Crippen molar-refractivity contribution in [3.05, 3.63) is 29.8 Å². The smallest absolute Gasteiger partial charge is 0.328 e. The normalized spacial score (nSPS) is 15.0. The lowest BCUT2D eigenvalue weighted by Gasteiger charge is -2.21.